The van der Waals surface area contributed by atoms with Gasteiger partial charge in [-0.15, -0.1) is 0 Å². The van der Waals surface area contributed by atoms with Crippen molar-refractivity contribution in [1.29, 1.82) is 0 Å². The molecule has 2 N–H and O–H groups in total. The highest BCUT2D eigenvalue weighted by atomic mass is 35.5. The number of piperazine rings is 1. The van der Waals surface area contributed by atoms with E-state index in [1.807, 2.05) is 0 Å². The number of alkyl halides is 3. The number of carbonyl (C=O) groups is 2. The van der Waals surface area contributed by atoms with Crippen LogP contribution in [0.1, 0.15) is 11.1 Å². The molecule has 3 rings (SSSR count). The van der Waals surface area contributed by atoms with Gasteiger partial charge in [-0.05, 0) is 35.9 Å². The van der Waals surface area contributed by atoms with Gasteiger partial charge in [-0.3, -0.25) is 14.8 Å². The van der Waals surface area contributed by atoms with Crippen LogP contribution < -0.4 is 15.3 Å². The molecule has 2 amide bonds. The Labute approximate surface area is 175 Å². The molecular formula is C20H17ClF3N3O3. The van der Waals surface area contributed by atoms with Crippen molar-refractivity contribution in [3.63, 3.8) is 0 Å². The monoisotopic (exact) mass is 439 g/mol. The number of hydroxylamine groups is 1. The van der Waals surface area contributed by atoms with Crippen LogP contribution in [0, 0.1) is 0 Å². The van der Waals surface area contributed by atoms with Gasteiger partial charge in [-0.25, -0.2) is 5.48 Å². The Morgan fingerprint density at radius 3 is 2.57 bits per heavy atom. The number of hydrogen-bond acceptors (Lipinski definition) is 4. The summed E-state index contributed by atoms with van der Waals surface area (Å²) in [4.78, 5) is 27.1. The van der Waals surface area contributed by atoms with E-state index >= 15 is 0 Å². The predicted molar refractivity (Wildman–Crippen MR) is 106 cm³/mol. The van der Waals surface area contributed by atoms with Crippen LogP contribution in [0.5, 0.6) is 0 Å². The molecule has 1 fully saturated rings. The van der Waals surface area contributed by atoms with E-state index in [9.17, 15) is 22.8 Å². The predicted octanol–water partition coefficient (Wildman–Crippen LogP) is 3.73. The third-order valence-electron chi connectivity index (χ3n) is 4.59. The Kier molecular flexibility index (Phi) is 6.33. The first-order valence-electron chi connectivity index (χ1n) is 8.84. The molecule has 0 saturated carbocycles. The Bertz CT molecular complexity index is 995. The maximum atomic E-state index is 13.1. The first-order chi connectivity index (χ1) is 14.2. The van der Waals surface area contributed by atoms with Gasteiger partial charge in [0.1, 0.15) is 0 Å². The highest BCUT2D eigenvalue weighted by molar-refractivity contribution is 6.31. The molecule has 10 heteroatoms. The van der Waals surface area contributed by atoms with E-state index in [2.05, 4.69) is 0 Å². The molecule has 2 aromatic carbocycles. The minimum atomic E-state index is -4.59. The van der Waals surface area contributed by atoms with E-state index in [4.69, 9.17) is 16.8 Å². The molecule has 1 aliphatic rings. The lowest BCUT2D eigenvalue weighted by molar-refractivity contribution is -0.137. The second-order valence-corrected chi connectivity index (χ2v) is 6.90. The Morgan fingerprint density at radius 2 is 1.90 bits per heavy atom. The number of para-hydroxylation sites is 1. The van der Waals surface area contributed by atoms with Crippen LogP contribution in [0.25, 0.3) is 6.08 Å². The van der Waals surface area contributed by atoms with E-state index in [0.717, 1.165) is 12.1 Å². The lowest BCUT2D eigenvalue weighted by Gasteiger charge is -2.36. The van der Waals surface area contributed by atoms with Crippen LogP contribution in [-0.2, 0) is 15.8 Å². The van der Waals surface area contributed by atoms with Crippen molar-refractivity contribution in [2.45, 2.75) is 6.18 Å². The van der Waals surface area contributed by atoms with Crippen LogP contribution in [0.4, 0.5) is 24.5 Å². The normalized spacial score (nSPS) is 15.0. The zero-order valence-corrected chi connectivity index (χ0v) is 16.2. The van der Waals surface area contributed by atoms with Crippen molar-refractivity contribution < 1.29 is 28.0 Å². The van der Waals surface area contributed by atoms with E-state index in [0.29, 0.717) is 17.8 Å². The minimum absolute atomic E-state index is 0.117. The molecule has 1 heterocycles. The molecule has 158 valence electrons. The standard InChI is InChI=1S/C20H17ClF3N3O3/c21-16-7-6-14(11-15(16)20(22,23)24)26-9-10-27(19(29)12-26)17-4-2-1-3-13(17)5-8-18(28)25-30/h1-8,11,30H,9-10,12H2,(H,25,28)/b8-5+. The molecule has 0 spiro atoms. The number of nitrogens with one attached hydrogen (secondary N) is 1. The smallest absolute Gasteiger partial charge is 0.360 e. The van der Waals surface area contributed by atoms with Gasteiger partial charge >= 0.3 is 6.18 Å². The van der Waals surface area contributed by atoms with Gasteiger partial charge in [-0.2, -0.15) is 13.2 Å². The number of anilines is 2. The zero-order chi connectivity index (χ0) is 21.9. The minimum Gasteiger partial charge on any atom is -0.360 e. The van der Waals surface area contributed by atoms with Crippen LogP contribution in [0.15, 0.2) is 48.5 Å². The molecule has 1 saturated heterocycles. The largest absolute Gasteiger partial charge is 0.417 e. The lowest BCUT2D eigenvalue weighted by atomic mass is 10.1. The highest BCUT2D eigenvalue weighted by Crippen LogP contribution is 2.37. The Hall–Kier alpha value is -3.04. The van der Waals surface area contributed by atoms with Crippen molar-refractivity contribution in [2.24, 2.45) is 0 Å². The van der Waals surface area contributed by atoms with E-state index in [1.165, 1.54) is 28.6 Å². The van der Waals surface area contributed by atoms with Crippen molar-refractivity contribution >= 4 is 40.9 Å². The van der Waals surface area contributed by atoms with E-state index in [-0.39, 0.29) is 24.7 Å². The molecule has 0 aliphatic carbocycles. The molecule has 1 aliphatic heterocycles. The van der Waals surface area contributed by atoms with Gasteiger partial charge in [0.05, 0.1) is 22.8 Å². The average molecular weight is 440 g/mol. The second-order valence-electron chi connectivity index (χ2n) is 6.50. The maximum absolute atomic E-state index is 13.1. The number of rotatable bonds is 4. The number of hydrogen-bond donors (Lipinski definition) is 2. The summed E-state index contributed by atoms with van der Waals surface area (Å²) in [5, 5.41) is 8.20. The van der Waals surface area contributed by atoms with Crippen LogP contribution in [0.3, 0.4) is 0 Å². The van der Waals surface area contributed by atoms with Crippen molar-refractivity contribution in [3.05, 3.63) is 64.7 Å². The molecule has 0 aromatic heterocycles. The molecule has 0 radical (unpaired) electrons. The number of amides is 2. The molecule has 6 nitrogen and oxygen atoms in total. The number of nitrogens with zero attached hydrogens (tertiary/aromatic N) is 2. The van der Waals surface area contributed by atoms with Gasteiger partial charge in [0, 0.05) is 24.9 Å². The molecule has 0 bridgehead atoms. The van der Waals surface area contributed by atoms with E-state index in [1.54, 1.807) is 29.2 Å². The third-order valence-corrected chi connectivity index (χ3v) is 4.92. The lowest BCUT2D eigenvalue weighted by Crippen LogP contribution is -2.51. The van der Waals surface area contributed by atoms with Gasteiger partial charge in [-0.1, -0.05) is 29.8 Å². The zero-order valence-electron chi connectivity index (χ0n) is 15.5. The van der Waals surface area contributed by atoms with Crippen molar-refractivity contribution in [2.75, 3.05) is 29.4 Å². The average Bonchev–Trinajstić information content (AvgIpc) is 2.71. The molecular weight excluding hydrogens is 423 g/mol. The molecule has 2 aromatic rings. The molecule has 0 unspecified atom stereocenters. The van der Waals surface area contributed by atoms with Crippen molar-refractivity contribution in [1.82, 2.24) is 5.48 Å². The van der Waals surface area contributed by atoms with Crippen molar-refractivity contribution in [3.8, 4) is 0 Å². The van der Waals surface area contributed by atoms with Gasteiger partial charge in [0.15, 0.2) is 0 Å². The first kappa shape index (κ1) is 21.7. The summed E-state index contributed by atoms with van der Waals surface area (Å²) in [7, 11) is 0. The van der Waals surface area contributed by atoms with Gasteiger partial charge in [0.25, 0.3) is 5.91 Å². The summed E-state index contributed by atoms with van der Waals surface area (Å²) in [6.07, 6.45) is -2.02. The SMILES string of the molecule is O=C(/C=C/c1ccccc1N1CCN(c2ccc(Cl)c(C(F)(F)F)c2)CC1=O)NO. The third kappa shape index (κ3) is 4.74. The fraction of sp³-hybridized carbons (Fsp3) is 0.200. The second kappa shape index (κ2) is 8.76. The number of carbonyl (C=O) groups excluding carboxylic acids is 2. The highest BCUT2D eigenvalue weighted by Gasteiger charge is 2.34. The summed E-state index contributed by atoms with van der Waals surface area (Å²) in [5.74, 6) is -1.03. The summed E-state index contributed by atoms with van der Waals surface area (Å²) in [6, 6.07) is 10.4. The fourth-order valence-electron chi connectivity index (χ4n) is 3.15. The van der Waals surface area contributed by atoms with Crippen LogP contribution in [0.2, 0.25) is 5.02 Å². The quantitative estimate of drug-likeness (QED) is 0.432. The maximum Gasteiger partial charge on any atom is 0.417 e. The van der Waals surface area contributed by atoms with Crippen LogP contribution in [-0.4, -0.2) is 36.7 Å². The summed E-state index contributed by atoms with van der Waals surface area (Å²) >= 11 is 5.67. The molecule has 30 heavy (non-hydrogen) atoms. The summed E-state index contributed by atoms with van der Waals surface area (Å²) in [5.41, 5.74) is 1.92. The van der Waals surface area contributed by atoms with Gasteiger partial charge in [0.2, 0.25) is 5.91 Å². The Morgan fingerprint density at radius 1 is 1.17 bits per heavy atom. The Balaban J connectivity index is 1.81. The molecule has 0 atom stereocenters. The summed E-state index contributed by atoms with van der Waals surface area (Å²) < 4.78 is 39.4. The number of halogens is 4. The fourth-order valence-corrected chi connectivity index (χ4v) is 3.38. The summed E-state index contributed by atoms with van der Waals surface area (Å²) in [6.45, 7) is 0.424. The number of benzene rings is 2. The topological polar surface area (TPSA) is 72.9 Å². The van der Waals surface area contributed by atoms with Crippen LogP contribution >= 0.6 is 11.6 Å². The van der Waals surface area contributed by atoms with Gasteiger partial charge < -0.3 is 9.80 Å². The first-order valence-corrected chi connectivity index (χ1v) is 9.21. The van der Waals surface area contributed by atoms with E-state index < -0.39 is 22.7 Å².